The molecule has 0 saturated carbocycles. The molecule has 1 aromatic carbocycles. The van der Waals surface area contributed by atoms with E-state index in [0.717, 1.165) is 25.1 Å². The zero-order valence-corrected chi connectivity index (χ0v) is 14.1. The van der Waals surface area contributed by atoms with Crippen molar-refractivity contribution in [2.75, 3.05) is 6.54 Å². The van der Waals surface area contributed by atoms with E-state index in [1.807, 2.05) is 42.5 Å². The molecule has 1 aromatic heterocycles. The molecule has 1 atom stereocenters. The SMILES string of the molecule is CC(C(=O)NCc1ccccc1Cl)N1CCc2sccc2C1. The van der Waals surface area contributed by atoms with Gasteiger partial charge in [-0.15, -0.1) is 11.3 Å². The van der Waals surface area contributed by atoms with Crippen LogP contribution in [0.1, 0.15) is 22.9 Å². The molecule has 22 heavy (non-hydrogen) atoms. The Morgan fingerprint density at radius 1 is 1.41 bits per heavy atom. The summed E-state index contributed by atoms with van der Waals surface area (Å²) < 4.78 is 0. The number of hydrogen-bond acceptors (Lipinski definition) is 3. The molecule has 1 aliphatic heterocycles. The fourth-order valence-corrected chi connectivity index (χ4v) is 3.83. The number of rotatable bonds is 4. The molecule has 2 heterocycles. The maximum Gasteiger partial charge on any atom is 0.237 e. The van der Waals surface area contributed by atoms with E-state index >= 15 is 0 Å². The van der Waals surface area contributed by atoms with Crippen LogP contribution >= 0.6 is 22.9 Å². The lowest BCUT2D eigenvalue weighted by Crippen LogP contribution is -2.46. The zero-order valence-electron chi connectivity index (χ0n) is 12.5. The average Bonchev–Trinajstić information content (AvgIpc) is 3.00. The third kappa shape index (κ3) is 3.35. The minimum atomic E-state index is -0.129. The van der Waals surface area contributed by atoms with Crippen LogP contribution in [-0.4, -0.2) is 23.4 Å². The Labute approximate surface area is 139 Å². The van der Waals surface area contributed by atoms with Gasteiger partial charge in [-0.2, -0.15) is 0 Å². The van der Waals surface area contributed by atoms with Gasteiger partial charge in [0.2, 0.25) is 5.91 Å². The number of thiophene rings is 1. The summed E-state index contributed by atoms with van der Waals surface area (Å²) >= 11 is 7.93. The predicted molar refractivity (Wildman–Crippen MR) is 91.2 cm³/mol. The van der Waals surface area contributed by atoms with Gasteiger partial charge in [0.15, 0.2) is 0 Å². The predicted octanol–water partition coefficient (Wildman–Crippen LogP) is 3.46. The fraction of sp³-hybridized carbons (Fsp3) is 0.353. The first-order valence-electron chi connectivity index (χ1n) is 7.45. The van der Waals surface area contributed by atoms with Gasteiger partial charge in [-0.05, 0) is 42.0 Å². The molecule has 2 aromatic rings. The maximum atomic E-state index is 12.4. The highest BCUT2D eigenvalue weighted by molar-refractivity contribution is 7.10. The van der Waals surface area contributed by atoms with Crippen LogP contribution in [0, 0.1) is 0 Å². The summed E-state index contributed by atoms with van der Waals surface area (Å²) in [6.45, 7) is 4.24. The topological polar surface area (TPSA) is 32.3 Å². The average molecular weight is 335 g/mol. The lowest BCUT2D eigenvalue weighted by Gasteiger charge is -2.31. The van der Waals surface area contributed by atoms with Gasteiger partial charge in [-0.3, -0.25) is 9.69 Å². The van der Waals surface area contributed by atoms with Gasteiger partial charge < -0.3 is 5.32 Å². The molecule has 3 nitrogen and oxygen atoms in total. The number of nitrogens with one attached hydrogen (secondary N) is 1. The largest absolute Gasteiger partial charge is 0.351 e. The number of hydrogen-bond donors (Lipinski definition) is 1. The van der Waals surface area contributed by atoms with Crippen LogP contribution in [0.5, 0.6) is 0 Å². The van der Waals surface area contributed by atoms with Crippen molar-refractivity contribution >= 4 is 28.8 Å². The standard InChI is InChI=1S/C17H19ClN2OS/c1-12(20-8-6-16-14(11-20)7-9-22-16)17(21)19-10-13-4-2-3-5-15(13)18/h2-5,7,9,12H,6,8,10-11H2,1H3,(H,19,21). The first-order chi connectivity index (χ1) is 10.6. The van der Waals surface area contributed by atoms with Crippen molar-refractivity contribution in [1.82, 2.24) is 10.2 Å². The molecule has 0 spiro atoms. The molecule has 116 valence electrons. The van der Waals surface area contributed by atoms with Gasteiger partial charge in [-0.25, -0.2) is 0 Å². The lowest BCUT2D eigenvalue weighted by atomic mass is 10.1. The quantitative estimate of drug-likeness (QED) is 0.928. The summed E-state index contributed by atoms with van der Waals surface area (Å²) in [6.07, 6.45) is 1.04. The first kappa shape index (κ1) is 15.5. The molecule has 1 amide bonds. The highest BCUT2D eigenvalue weighted by Gasteiger charge is 2.25. The van der Waals surface area contributed by atoms with E-state index in [0.29, 0.717) is 11.6 Å². The molecule has 0 fully saturated rings. The summed E-state index contributed by atoms with van der Waals surface area (Å²) in [7, 11) is 0. The number of nitrogens with zero attached hydrogens (tertiary/aromatic N) is 1. The fourth-order valence-electron chi connectivity index (χ4n) is 2.74. The molecule has 5 heteroatoms. The van der Waals surface area contributed by atoms with Crippen molar-refractivity contribution in [3.05, 3.63) is 56.7 Å². The van der Waals surface area contributed by atoms with Crippen molar-refractivity contribution < 1.29 is 4.79 Å². The van der Waals surface area contributed by atoms with E-state index < -0.39 is 0 Å². The van der Waals surface area contributed by atoms with E-state index in [4.69, 9.17) is 11.6 Å². The van der Waals surface area contributed by atoms with Crippen molar-refractivity contribution in [2.45, 2.75) is 32.5 Å². The highest BCUT2D eigenvalue weighted by atomic mass is 35.5. The number of fused-ring (bicyclic) bond motifs is 1. The first-order valence-corrected chi connectivity index (χ1v) is 8.71. The molecule has 1 N–H and O–H groups in total. The zero-order chi connectivity index (χ0) is 15.5. The Morgan fingerprint density at radius 2 is 2.23 bits per heavy atom. The lowest BCUT2D eigenvalue weighted by molar-refractivity contribution is -0.126. The number of benzene rings is 1. The Kier molecular flexibility index (Phi) is 4.81. The van der Waals surface area contributed by atoms with Gasteiger partial charge in [0.05, 0.1) is 6.04 Å². The van der Waals surface area contributed by atoms with Crippen LogP contribution < -0.4 is 5.32 Å². The normalized spacial score (nSPS) is 16.1. The van der Waals surface area contributed by atoms with Crippen molar-refractivity contribution in [1.29, 1.82) is 0 Å². The van der Waals surface area contributed by atoms with Gasteiger partial charge in [0.25, 0.3) is 0 Å². The Hall–Kier alpha value is -1.36. The van der Waals surface area contributed by atoms with Crippen molar-refractivity contribution in [3.8, 4) is 0 Å². The van der Waals surface area contributed by atoms with Gasteiger partial charge in [-0.1, -0.05) is 29.8 Å². The minimum Gasteiger partial charge on any atom is -0.351 e. The summed E-state index contributed by atoms with van der Waals surface area (Å²) in [6, 6.07) is 9.64. The van der Waals surface area contributed by atoms with Gasteiger partial charge >= 0.3 is 0 Å². The van der Waals surface area contributed by atoms with E-state index in [1.54, 1.807) is 0 Å². The Morgan fingerprint density at radius 3 is 3.05 bits per heavy atom. The van der Waals surface area contributed by atoms with Crippen LogP contribution in [0.15, 0.2) is 35.7 Å². The number of carbonyl (C=O) groups is 1. The summed E-state index contributed by atoms with van der Waals surface area (Å²) in [4.78, 5) is 16.1. The molecule has 0 aliphatic carbocycles. The van der Waals surface area contributed by atoms with Crippen LogP contribution in [0.4, 0.5) is 0 Å². The van der Waals surface area contributed by atoms with E-state index in [1.165, 1.54) is 10.4 Å². The Balaban J connectivity index is 1.57. The number of halogens is 1. The molecule has 1 aliphatic rings. The number of amides is 1. The monoisotopic (exact) mass is 334 g/mol. The molecule has 0 saturated heterocycles. The second-order valence-electron chi connectivity index (χ2n) is 5.57. The molecule has 3 rings (SSSR count). The van der Waals surface area contributed by atoms with Gasteiger partial charge in [0.1, 0.15) is 0 Å². The molecule has 0 radical (unpaired) electrons. The maximum absolute atomic E-state index is 12.4. The Bertz CT molecular complexity index is 670. The van der Waals surface area contributed by atoms with E-state index in [2.05, 4.69) is 21.7 Å². The third-order valence-electron chi connectivity index (χ3n) is 4.18. The van der Waals surface area contributed by atoms with E-state index in [9.17, 15) is 4.79 Å². The van der Waals surface area contributed by atoms with Crippen LogP contribution in [0.2, 0.25) is 5.02 Å². The second-order valence-corrected chi connectivity index (χ2v) is 6.98. The van der Waals surface area contributed by atoms with Crippen molar-refractivity contribution in [2.24, 2.45) is 0 Å². The third-order valence-corrected chi connectivity index (χ3v) is 5.57. The summed E-state index contributed by atoms with van der Waals surface area (Å²) in [5.41, 5.74) is 2.31. The van der Waals surface area contributed by atoms with Crippen LogP contribution in [0.3, 0.4) is 0 Å². The highest BCUT2D eigenvalue weighted by Crippen LogP contribution is 2.25. The molecule has 0 bridgehead atoms. The van der Waals surface area contributed by atoms with Crippen molar-refractivity contribution in [3.63, 3.8) is 0 Å². The molecular formula is C17H19ClN2OS. The second kappa shape index (κ2) is 6.82. The van der Waals surface area contributed by atoms with Crippen LogP contribution in [-0.2, 0) is 24.3 Å². The van der Waals surface area contributed by atoms with E-state index in [-0.39, 0.29) is 11.9 Å². The number of carbonyl (C=O) groups excluding carboxylic acids is 1. The van der Waals surface area contributed by atoms with Crippen LogP contribution in [0.25, 0.3) is 0 Å². The summed E-state index contributed by atoms with van der Waals surface area (Å²) in [5.74, 6) is 0.0543. The van der Waals surface area contributed by atoms with Gasteiger partial charge in [0, 0.05) is 29.5 Å². The minimum absolute atomic E-state index is 0.0543. The smallest absolute Gasteiger partial charge is 0.237 e. The summed E-state index contributed by atoms with van der Waals surface area (Å²) in [5, 5.41) is 5.82. The molecule has 1 unspecified atom stereocenters. The molecular weight excluding hydrogens is 316 g/mol.